The molecule has 1 atom stereocenters. The molecule has 0 bridgehead atoms. The lowest BCUT2D eigenvalue weighted by Gasteiger charge is -2.20. The Morgan fingerprint density at radius 3 is 2.47 bits per heavy atom. The van der Waals surface area contributed by atoms with Gasteiger partial charge in [-0.15, -0.1) is 0 Å². The summed E-state index contributed by atoms with van der Waals surface area (Å²) in [5, 5.41) is 4.03. The lowest BCUT2D eigenvalue weighted by Crippen LogP contribution is -2.21. The summed E-state index contributed by atoms with van der Waals surface area (Å²) in [6, 6.07) is 6.10. The van der Waals surface area contributed by atoms with Crippen molar-refractivity contribution < 1.29 is 4.74 Å². The Bertz CT molecular complexity index is 325. The van der Waals surface area contributed by atoms with Crippen molar-refractivity contribution in [2.45, 2.75) is 26.8 Å². The van der Waals surface area contributed by atoms with Crippen molar-refractivity contribution in [3.63, 3.8) is 0 Å². The molecule has 1 rings (SSSR count). The number of ether oxygens (including phenoxy) is 1. The van der Waals surface area contributed by atoms with Crippen LogP contribution in [0.1, 0.15) is 20.8 Å². The maximum Gasteiger partial charge on any atom is 0.160 e. The van der Waals surface area contributed by atoms with Crippen molar-refractivity contribution in [3.05, 3.63) is 23.2 Å². The summed E-state index contributed by atoms with van der Waals surface area (Å²) in [5.41, 5.74) is 0.950. The highest BCUT2D eigenvalue weighted by Crippen LogP contribution is 2.33. The summed E-state index contributed by atoms with van der Waals surface area (Å²) >= 11 is 6.03. The summed E-state index contributed by atoms with van der Waals surface area (Å²) in [4.78, 5) is 0. The third kappa shape index (κ3) is 3.03. The average Bonchev–Trinajstić information content (AvgIpc) is 2.18. The van der Waals surface area contributed by atoms with E-state index < -0.39 is 0 Å². The first-order chi connectivity index (χ1) is 7.06. The van der Waals surface area contributed by atoms with Gasteiger partial charge in [0.1, 0.15) is 0 Å². The number of benzene rings is 1. The van der Waals surface area contributed by atoms with Gasteiger partial charge in [0.25, 0.3) is 0 Å². The molecule has 0 saturated carbocycles. The van der Waals surface area contributed by atoms with Gasteiger partial charge in [0.2, 0.25) is 0 Å². The van der Waals surface area contributed by atoms with Crippen LogP contribution in [0.2, 0.25) is 5.02 Å². The summed E-state index contributed by atoms with van der Waals surface area (Å²) in [5.74, 6) is 1.28. The van der Waals surface area contributed by atoms with Crippen LogP contribution in [-0.4, -0.2) is 13.2 Å². The SMILES string of the molecule is COc1c(Cl)cccc1NC(C)C(C)C. The molecule has 1 aromatic rings. The summed E-state index contributed by atoms with van der Waals surface area (Å²) in [6.45, 7) is 6.49. The molecule has 0 amide bonds. The van der Waals surface area contributed by atoms with Crippen molar-refractivity contribution in [3.8, 4) is 5.75 Å². The number of anilines is 1. The summed E-state index contributed by atoms with van der Waals surface area (Å²) < 4.78 is 5.26. The maximum atomic E-state index is 6.03. The third-order valence-corrected chi connectivity index (χ3v) is 2.85. The summed E-state index contributed by atoms with van der Waals surface area (Å²) in [7, 11) is 1.63. The second kappa shape index (κ2) is 5.26. The second-order valence-corrected chi connectivity index (χ2v) is 4.40. The van der Waals surface area contributed by atoms with Gasteiger partial charge in [-0.05, 0) is 25.0 Å². The molecule has 0 heterocycles. The van der Waals surface area contributed by atoms with Gasteiger partial charge in [0.15, 0.2) is 5.75 Å². The Labute approximate surface area is 96.6 Å². The smallest absolute Gasteiger partial charge is 0.160 e. The van der Waals surface area contributed by atoms with Crippen molar-refractivity contribution >= 4 is 17.3 Å². The minimum absolute atomic E-state index is 0.386. The fraction of sp³-hybridized carbons (Fsp3) is 0.500. The predicted octanol–water partition coefficient (Wildman–Crippen LogP) is 3.81. The maximum absolute atomic E-state index is 6.03. The Hall–Kier alpha value is -0.890. The molecule has 0 fully saturated rings. The highest BCUT2D eigenvalue weighted by molar-refractivity contribution is 6.32. The topological polar surface area (TPSA) is 21.3 Å². The minimum Gasteiger partial charge on any atom is -0.493 e. The van der Waals surface area contributed by atoms with Gasteiger partial charge in [0, 0.05) is 6.04 Å². The van der Waals surface area contributed by atoms with Crippen LogP contribution in [0.5, 0.6) is 5.75 Å². The molecule has 15 heavy (non-hydrogen) atoms. The van der Waals surface area contributed by atoms with Crippen molar-refractivity contribution in [1.82, 2.24) is 0 Å². The fourth-order valence-corrected chi connectivity index (χ4v) is 1.49. The molecule has 0 aliphatic carbocycles. The Morgan fingerprint density at radius 2 is 1.93 bits per heavy atom. The molecule has 0 aliphatic heterocycles. The normalized spacial score (nSPS) is 12.7. The van der Waals surface area contributed by atoms with Crippen LogP contribution in [0.15, 0.2) is 18.2 Å². The first-order valence-electron chi connectivity index (χ1n) is 5.15. The minimum atomic E-state index is 0.386. The zero-order valence-electron chi connectivity index (χ0n) is 9.67. The Kier molecular flexibility index (Phi) is 4.28. The fourth-order valence-electron chi connectivity index (χ4n) is 1.24. The monoisotopic (exact) mass is 227 g/mol. The second-order valence-electron chi connectivity index (χ2n) is 4.00. The number of hydrogen-bond donors (Lipinski definition) is 1. The first-order valence-corrected chi connectivity index (χ1v) is 5.53. The molecule has 0 aromatic heterocycles. The van der Waals surface area contributed by atoms with Gasteiger partial charge in [-0.1, -0.05) is 31.5 Å². The van der Waals surface area contributed by atoms with E-state index >= 15 is 0 Å². The molecule has 0 aliphatic rings. The lowest BCUT2D eigenvalue weighted by atomic mass is 10.1. The van der Waals surface area contributed by atoms with Crippen molar-refractivity contribution in [2.75, 3.05) is 12.4 Å². The summed E-state index contributed by atoms with van der Waals surface area (Å²) in [6.07, 6.45) is 0. The number of para-hydroxylation sites is 1. The predicted molar refractivity (Wildman–Crippen MR) is 65.9 cm³/mol. The highest BCUT2D eigenvalue weighted by atomic mass is 35.5. The zero-order chi connectivity index (χ0) is 11.4. The van der Waals surface area contributed by atoms with Gasteiger partial charge < -0.3 is 10.1 Å². The van der Waals surface area contributed by atoms with Crippen LogP contribution in [-0.2, 0) is 0 Å². The van der Waals surface area contributed by atoms with Crippen LogP contribution < -0.4 is 10.1 Å². The van der Waals surface area contributed by atoms with E-state index in [0.29, 0.717) is 22.7 Å². The number of rotatable bonds is 4. The van der Waals surface area contributed by atoms with Crippen LogP contribution in [0, 0.1) is 5.92 Å². The van der Waals surface area contributed by atoms with E-state index in [2.05, 4.69) is 26.1 Å². The molecule has 0 spiro atoms. The van der Waals surface area contributed by atoms with Gasteiger partial charge in [-0.2, -0.15) is 0 Å². The Morgan fingerprint density at radius 1 is 1.27 bits per heavy atom. The Balaban J connectivity index is 2.89. The molecule has 0 saturated heterocycles. The largest absolute Gasteiger partial charge is 0.493 e. The number of hydrogen-bond acceptors (Lipinski definition) is 2. The number of methoxy groups -OCH3 is 1. The zero-order valence-corrected chi connectivity index (χ0v) is 10.4. The molecular weight excluding hydrogens is 210 g/mol. The molecule has 2 nitrogen and oxygen atoms in total. The van der Waals surface area contributed by atoms with Crippen LogP contribution in [0.3, 0.4) is 0 Å². The van der Waals surface area contributed by atoms with Crippen molar-refractivity contribution in [2.24, 2.45) is 5.92 Å². The van der Waals surface area contributed by atoms with Crippen molar-refractivity contribution in [1.29, 1.82) is 0 Å². The van der Waals surface area contributed by atoms with Crippen LogP contribution in [0.4, 0.5) is 5.69 Å². The molecule has 1 unspecified atom stereocenters. The average molecular weight is 228 g/mol. The molecule has 1 N–H and O–H groups in total. The highest BCUT2D eigenvalue weighted by Gasteiger charge is 2.11. The van der Waals surface area contributed by atoms with Gasteiger partial charge in [0.05, 0.1) is 17.8 Å². The number of nitrogens with one attached hydrogen (secondary N) is 1. The van der Waals surface area contributed by atoms with E-state index in [9.17, 15) is 0 Å². The molecule has 0 radical (unpaired) electrons. The van der Waals surface area contributed by atoms with Gasteiger partial charge in [-0.3, -0.25) is 0 Å². The van der Waals surface area contributed by atoms with E-state index in [0.717, 1.165) is 5.69 Å². The number of halogens is 1. The van der Waals surface area contributed by atoms with Crippen LogP contribution >= 0.6 is 11.6 Å². The first kappa shape index (κ1) is 12.2. The van der Waals surface area contributed by atoms with Crippen LogP contribution in [0.25, 0.3) is 0 Å². The van der Waals surface area contributed by atoms with E-state index in [1.54, 1.807) is 7.11 Å². The molecule has 3 heteroatoms. The molecular formula is C12H18ClNO. The molecule has 84 valence electrons. The standard InChI is InChI=1S/C12H18ClNO/c1-8(2)9(3)14-11-7-5-6-10(13)12(11)15-4/h5-9,14H,1-4H3. The quantitative estimate of drug-likeness (QED) is 0.845. The third-order valence-electron chi connectivity index (χ3n) is 2.55. The van der Waals surface area contributed by atoms with E-state index in [4.69, 9.17) is 16.3 Å². The van der Waals surface area contributed by atoms with E-state index in [1.165, 1.54) is 0 Å². The van der Waals surface area contributed by atoms with Gasteiger partial charge in [-0.25, -0.2) is 0 Å². The van der Waals surface area contributed by atoms with E-state index in [-0.39, 0.29) is 0 Å². The van der Waals surface area contributed by atoms with E-state index in [1.807, 2.05) is 18.2 Å². The van der Waals surface area contributed by atoms with Gasteiger partial charge >= 0.3 is 0 Å². The molecule has 1 aromatic carbocycles. The lowest BCUT2D eigenvalue weighted by molar-refractivity contribution is 0.415.